The van der Waals surface area contributed by atoms with E-state index in [0.717, 1.165) is 37.8 Å². The van der Waals surface area contributed by atoms with Crippen LogP contribution in [0.2, 0.25) is 0 Å². The first-order valence-electron chi connectivity index (χ1n) is 21.3. The summed E-state index contributed by atoms with van der Waals surface area (Å²) in [5, 5.41) is 26.7. The van der Waals surface area contributed by atoms with Crippen LogP contribution in [-0.2, 0) is 38.6 Å². The lowest BCUT2D eigenvalue weighted by atomic mass is 10.0. The first-order valence-corrected chi connectivity index (χ1v) is 22.8. The van der Waals surface area contributed by atoms with E-state index < -0.39 is 61.5 Å². The molecule has 0 aliphatic carbocycles. The molecule has 0 spiro atoms. The second-order valence-electron chi connectivity index (χ2n) is 14.9. The largest absolute Gasteiger partial charge is 0.454 e. The number of cyclic esters (lactones) is 1. The number of para-hydroxylation sites is 2. The predicted molar refractivity (Wildman–Crippen MR) is 225 cm³/mol. The summed E-state index contributed by atoms with van der Waals surface area (Å²) < 4.78 is 45.5. The van der Waals surface area contributed by atoms with Crippen molar-refractivity contribution in [2.45, 2.75) is 121 Å². The fourth-order valence-electron chi connectivity index (χ4n) is 6.95. The monoisotopic (exact) mass is 861 g/mol. The number of carbonyl (C=O) groups is 3. The Morgan fingerprint density at radius 2 is 1.27 bits per heavy atom. The van der Waals surface area contributed by atoms with Gasteiger partial charge in [0, 0.05) is 44.6 Å². The third-order valence-electron chi connectivity index (χ3n) is 10.3. The van der Waals surface area contributed by atoms with Crippen molar-refractivity contribution in [1.29, 1.82) is 0 Å². The maximum absolute atomic E-state index is 13.9. The molecular weight excluding hydrogens is 799 g/mol. The van der Waals surface area contributed by atoms with Crippen LogP contribution in [-0.4, -0.2) is 104 Å². The van der Waals surface area contributed by atoms with Crippen LogP contribution in [0.4, 0.5) is 11.4 Å². The highest BCUT2D eigenvalue weighted by molar-refractivity contribution is 7.89. The van der Waals surface area contributed by atoms with Crippen LogP contribution in [0.5, 0.6) is 0 Å². The number of nitrogens with one attached hydrogen (secondary N) is 1. The van der Waals surface area contributed by atoms with Crippen LogP contribution < -0.4 is 5.32 Å². The molecule has 1 saturated heterocycles. The van der Waals surface area contributed by atoms with Crippen LogP contribution >= 0.6 is 0 Å². The van der Waals surface area contributed by atoms with E-state index in [2.05, 4.69) is 12.2 Å². The molecule has 1 N–H and O–H groups in total. The number of benzene rings is 2. The second-order valence-corrected chi connectivity index (χ2v) is 16.8. The molecule has 1 aliphatic heterocycles. The molecule has 2 aromatic rings. The molecule has 17 nitrogen and oxygen atoms in total. The predicted octanol–water partition coefficient (Wildman–Crippen LogP) is 7.03. The average Bonchev–Trinajstić information content (AvgIpc) is 3.23. The smallest absolute Gasteiger partial charge is 0.321 e. The summed E-state index contributed by atoms with van der Waals surface area (Å²) in [6.45, 7) is 0.987. The molecule has 2 aromatic carbocycles. The highest BCUT2D eigenvalue weighted by Crippen LogP contribution is 2.30. The number of hydrogen-bond donors (Lipinski definition) is 1. The van der Waals surface area contributed by atoms with Gasteiger partial charge in [0.2, 0.25) is 11.8 Å². The van der Waals surface area contributed by atoms with Gasteiger partial charge < -0.3 is 24.4 Å². The third-order valence-corrected chi connectivity index (χ3v) is 12.1. The molecule has 1 fully saturated rings. The van der Waals surface area contributed by atoms with Gasteiger partial charge in [0.05, 0.1) is 48.4 Å². The van der Waals surface area contributed by atoms with E-state index in [0.29, 0.717) is 10.7 Å². The number of esters is 1. The van der Waals surface area contributed by atoms with E-state index >= 15 is 0 Å². The SMILES string of the molecule is CCCCCCCCCCCCCCCCN1CC(c2ccccc2[N+](=O)[O-])OC(=O)CN(S(=O)(=O)c2ccccc2[N+](=O)[O-])CCOCCOCCNC(=O)CCC1=O. The molecule has 0 aromatic heterocycles. The van der Waals surface area contributed by atoms with E-state index in [1.807, 2.05) is 0 Å². The first kappa shape index (κ1) is 49.8. The van der Waals surface area contributed by atoms with E-state index in [4.69, 9.17) is 14.2 Å². The average molecular weight is 862 g/mol. The number of carbonyl (C=O) groups excluding carboxylic acids is 3. The zero-order valence-corrected chi connectivity index (χ0v) is 35.8. The van der Waals surface area contributed by atoms with Crippen LogP contribution in [0.1, 0.15) is 121 Å². The Hall–Kier alpha value is -4.52. The molecule has 0 saturated carbocycles. The maximum Gasteiger partial charge on any atom is 0.321 e. The third kappa shape index (κ3) is 18.0. The Morgan fingerprint density at radius 3 is 1.88 bits per heavy atom. The van der Waals surface area contributed by atoms with E-state index in [9.17, 15) is 43.0 Å². The summed E-state index contributed by atoms with van der Waals surface area (Å²) in [6.07, 6.45) is 14.1. The number of nitrogens with zero attached hydrogens (tertiary/aromatic N) is 4. The lowest BCUT2D eigenvalue weighted by molar-refractivity contribution is -0.387. The molecular formula is C42H63N5O12S. The van der Waals surface area contributed by atoms with Gasteiger partial charge in [0.25, 0.3) is 21.4 Å². The van der Waals surface area contributed by atoms with Crippen molar-refractivity contribution in [3.05, 3.63) is 74.3 Å². The van der Waals surface area contributed by atoms with Crippen molar-refractivity contribution in [2.75, 3.05) is 59.2 Å². The summed E-state index contributed by atoms with van der Waals surface area (Å²) in [5.41, 5.74) is -1.10. The van der Waals surface area contributed by atoms with Gasteiger partial charge in [0.15, 0.2) is 11.0 Å². The Kier molecular flexibility index (Phi) is 23.3. The summed E-state index contributed by atoms with van der Waals surface area (Å²) in [4.78, 5) is 63.5. The van der Waals surface area contributed by atoms with Crippen molar-refractivity contribution in [2.24, 2.45) is 0 Å². The van der Waals surface area contributed by atoms with Gasteiger partial charge in [-0.3, -0.25) is 34.6 Å². The van der Waals surface area contributed by atoms with Gasteiger partial charge in [-0.25, -0.2) is 8.42 Å². The Labute approximate surface area is 353 Å². The summed E-state index contributed by atoms with van der Waals surface area (Å²) in [6, 6.07) is 10.3. The molecule has 0 radical (unpaired) electrons. The molecule has 1 atom stereocenters. The topological polar surface area (TPSA) is 218 Å². The summed E-state index contributed by atoms with van der Waals surface area (Å²) >= 11 is 0. The molecule has 2 amide bonds. The summed E-state index contributed by atoms with van der Waals surface area (Å²) in [5.74, 6) is -1.92. The van der Waals surface area contributed by atoms with Gasteiger partial charge in [0.1, 0.15) is 6.54 Å². The molecule has 18 heteroatoms. The number of nitro benzene ring substituents is 2. The van der Waals surface area contributed by atoms with Crippen molar-refractivity contribution in [1.82, 2.24) is 14.5 Å². The molecule has 1 unspecified atom stereocenters. The van der Waals surface area contributed by atoms with Gasteiger partial charge in [-0.1, -0.05) is 115 Å². The van der Waals surface area contributed by atoms with Crippen molar-refractivity contribution in [3.63, 3.8) is 0 Å². The fourth-order valence-corrected chi connectivity index (χ4v) is 8.47. The maximum atomic E-state index is 13.9. The van der Waals surface area contributed by atoms with E-state index in [1.165, 1.54) is 99.1 Å². The van der Waals surface area contributed by atoms with Crippen molar-refractivity contribution >= 4 is 39.2 Å². The number of amides is 2. The van der Waals surface area contributed by atoms with Crippen molar-refractivity contribution < 1.29 is 46.9 Å². The van der Waals surface area contributed by atoms with Crippen LogP contribution in [0, 0.1) is 20.2 Å². The number of sulfonamides is 1. The number of unbranched alkanes of at least 4 members (excludes halogenated alkanes) is 13. The standard InChI is InChI=1S/C42H63N5O12S/c1-2-3-4-5-6-7-8-9-10-11-12-13-14-19-27-44-33-38(35-20-15-16-21-36(35)46(51)52)59-42(50)34-45(60(55,56)39-23-18-17-22-37(39)47(53)54)28-30-58-32-31-57-29-26-43-40(48)24-25-41(44)49/h15-18,20-23,38H,2-14,19,24-34H2,1H3,(H,43,48). The number of nitro groups is 2. The number of ether oxygens (including phenoxy) is 3. The Bertz CT molecular complexity index is 1760. The number of rotatable bonds is 20. The van der Waals surface area contributed by atoms with Gasteiger partial charge in [-0.15, -0.1) is 0 Å². The highest BCUT2D eigenvalue weighted by atomic mass is 32.2. The lowest BCUT2D eigenvalue weighted by Crippen LogP contribution is -2.41. The van der Waals surface area contributed by atoms with Crippen molar-refractivity contribution in [3.8, 4) is 0 Å². The molecule has 334 valence electrons. The Balaban J connectivity index is 1.82. The summed E-state index contributed by atoms with van der Waals surface area (Å²) in [7, 11) is -4.70. The normalized spacial score (nSPS) is 17.4. The minimum atomic E-state index is -4.70. The molecule has 3 rings (SSSR count). The minimum Gasteiger partial charge on any atom is -0.454 e. The molecule has 1 aliphatic rings. The zero-order chi connectivity index (χ0) is 43.6. The second kappa shape index (κ2) is 28.1. The first-order chi connectivity index (χ1) is 28.9. The van der Waals surface area contributed by atoms with E-state index in [1.54, 1.807) is 0 Å². The molecule has 1 heterocycles. The van der Waals surface area contributed by atoms with Crippen LogP contribution in [0.15, 0.2) is 53.4 Å². The minimum absolute atomic E-state index is 0.0223. The zero-order valence-electron chi connectivity index (χ0n) is 35.0. The Morgan fingerprint density at radius 1 is 0.717 bits per heavy atom. The molecule has 0 bridgehead atoms. The van der Waals surface area contributed by atoms with E-state index in [-0.39, 0.29) is 76.1 Å². The quantitative estimate of drug-likeness (QED) is 0.0614. The fraction of sp³-hybridized carbons (Fsp3) is 0.643. The van der Waals surface area contributed by atoms with Gasteiger partial charge in [-0.2, -0.15) is 4.31 Å². The highest BCUT2D eigenvalue weighted by Gasteiger charge is 2.35. The lowest BCUT2D eigenvalue weighted by Gasteiger charge is -2.29. The number of hydrogen-bond acceptors (Lipinski definition) is 12. The van der Waals surface area contributed by atoms with Gasteiger partial charge in [-0.05, 0) is 18.6 Å². The molecule has 60 heavy (non-hydrogen) atoms. The van der Waals surface area contributed by atoms with Crippen LogP contribution in [0.25, 0.3) is 0 Å². The van der Waals surface area contributed by atoms with Crippen LogP contribution in [0.3, 0.4) is 0 Å². The van der Waals surface area contributed by atoms with Gasteiger partial charge >= 0.3 is 5.97 Å².